The van der Waals surface area contributed by atoms with Crippen LogP contribution in [0.25, 0.3) is 0 Å². The van der Waals surface area contributed by atoms with E-state index in [1.165, 1.54) is 12.0 Å². The molecule has 2 amide bonds. The number of ether oxygens (including phenoxy) is 2. The predicted octanol–water partition coefficient (Wildman–Crippen LogP) is 1.77. The van der Waals surface area contributed by atoms with Gasteiger partial charge in [-0.05, 0) is 24.6 Å². The van der Waals surface area contributed by atoms with Crippen molar-refractivity contribution < 1.29 is 23.9 Å². The molecule has 1 aliphatic rings. The molecular weight excluding hydrogens is 348 g/mol. The molecular formula is C17H21ClN2O5. The second kappa shape index (κ2) is 8.71. The molecule has 1 N–H and O–H groups in total. The summed E-state index contributed by atoms with van der Waals surface area (Å²) in [6.45, 7) is 2.27. The zero-order valence-electron chi connectivity index (χ0n) is 14.2. The summed E-state index contributed by atoms with van der Waals surface area (Å²) in [5, 5.41) is 3.08. The van der Waals surface area contributed by atoms with Crippen LogP contribution in [0.5, 0.6) is 5.75 Å². The van der Waals surface area contributed by atoms with Gasteiger partial charge in [-0.15, -0.1) is 0 Å². The Morgan fingerprint density at radius 3 is 2.84 bits per heavy atom. The standard InChI is InChI=1S/C17H21ClN2O5/c1-3-6-19-15(21)10-25-17(23)11-7-16(22)20(9-11)13-8-12(18)4-5-14(13)24-2/h4-5,8,11H,3,6-7,9-10H2,1-2H3,(H,19,21)/t11-/m0/s1. The molecule has 2 rings (SSSR count). The number of benzene rings is 1. The fourth-order valence-electron chi connectivity index (χ4n) is 2.54. The molecule has 0 aromatic heterocycles. The van der Waals surface area contributed by atoms with Crippen molar-refractivity contribution in [3.63, 3.8) is 0 Å². The number of hydrogen-bond acceptors (Lipinski definition) is 5. The number of nitrogens with one attached hydrogen (secondary N) is 1. The number of methoxy groups -OCH3 is 1. The lowest BCUT2D eigenvalue weighted by Gasteiger charge is -2.19. The van der Waals surface area contributed by atoms with Gasteiger partial charge in [-0.3, -0.25) is 14.4 Å². The lowest BCUT2D eigenvalue weighted by Crippen LogP contribution is -2.31. The van der Waals surface area contributed by atoms with Gasteiger partial charge in [-0.1, -0.05) is 18.5 Å². The smallest absolute Gasteiger partial charge is 0.311 e. The summed E-state index contributed by atoms with van der Waals surface area (Å²) >= 11 is 6.00. The van der Waals surface area contributed by atoms with Crippen LogP contribution in [-0.2, 0) is 19.1 Å². The number of esters is 1. The van der Waals surface area contributed by atoms with Crippen LogP contribution in [0.1, 0.15) is 19.8 Å². The Kier molecular flexibility index (Phi) is 6.64. The SMILES string of the molecule is CCCNC(=O)COC(=O)[C@H]1CC(=O)N(c2cc(Cl)ccc2OC)C1. The van der Waals surface area contributed by atoms with Gasteiger partial charge in [0.1, 0.15) is 5.75 Å². The third-order valence-electron chi connectivity index (χ3n) is 3.81. The first-order chi connectivity index (χ1) is 12.0. The molecule has 0 saturated carbocycles. The van der Waals surface area contributed by atoms with Gasteiger partial charge >= 0.3 is 5.97 Å². The summed E-state index contributed by atoms with van der Waals surface area (Å²) in [5.74, 6) is -1.28. The number of nitrogens with zero attached hydrogens (tertiary/aromatic N) is 1. The molecule has 1 atom stereocenters. The highest BCUT2D eigenvalue weighted by molar-refractivity contribution is 6.31. The maximum Gasteiger partial charge on any atom is 0.311 e. The lowest BCUT2D eigenvalue weighted by molar-refractivity contribution is -0.152. The Balaban J connectivity index is 1.99. The summed E-state index contributed by atoms with van der Waals surface area (Å²) in [6.07, 6.45) is 0.818. The van der Waals surface area contributed by atoms with Crippen molar-refractivity contribution in [2.75, 3.05) is 31.7 Å². The molecule has 0 radical (unpaired) electrons. The third-order valence-corrected chi connectivity index (χ3v) is 4.04. The van der Waals surface area contributed by atoms with Crippen LogP contribution in [0.3, 0.4) is 0 Å². The van der Waals surface area contributed by atoms with Crippen molar-refractivity contribution in [3.05, 3.63) is 23.2 Å². The van der Waals surface area contributed by atoms with E-state index < -0.39 is 11.9 Å². The predicted molar refractivity (Wildman–Crippen MR) is 92.7 cm³/mol. The van der Waals surface area contributed by atoms with Crippen molar-refractivity contribution >= 4 is 35.1 Å². The van der Waals surface area contributed by atoms with Crippen LogP contribution in [0.15, 0.2) is 18.2 Å². The van der Waals surface area contributed by atoms with Gasteiger partial charge in [0.15, 0.2) is 6.61 Å². The van der Waals surface area contributed by atoms with E-state index in [9.17, 15) is 14.4 Å². The van der Waals surface area contributed by atoms with Crippen molar-refractivity contribution in [2.24, 2.45) is 5.92 Å². The Morgan fingerprint density at radius 2 is 2.16 bits per heavy atom. The molecule has 0 spiro atoms. The fourth-order valence-corrected chi connectivity index (χ4v) is 2.71. The monoisotopic (exact) mass is 368 g/mol. The highest BCUT2D eigenvalue weighted by Gasteiger charge is 2.37. The van der Waals surface area contributed by atoms with Crippen molar-refractivity contribution in [1.29, 1.82) is 0 Å². The van der Waals surface area contributed by atoms with Gasteiger partial charge in [-0.25, -0.2) is 0 Å². The highest BCUT2D eigenvalue weighted by Crippen LogP contribution is 2.35. The molecule has 1 aromatic rings. The van der Waals surface area contributed by atoms with E-state index in [1.54, 1.807) is 18.2 Å². The number of carbonyl (C=O) groups is 3. The Morgan fingerprint density at radius 1 is 1.40 bits per heavy atom. The zero-order valence-corrected chi connectivity index (χ0v) is 15.0. The van der Waals surface area contributed by atoms with Gasteiger partial charge in [0.05, 0.1) is 18.7 Å². The molecule has 136 valence electrons. The molecule has 1 heterocycles. The Labute approximate surface area is 151 Å². The van der Waals surface area contributed by atoms with Crippen molar-refractivity contribution in [2.45, 2.75) is 19.8 Å². The van der Waals surface area contributed by atoms with E-state index in [0.29, 0.717) is 23.0 Å². The number of hydrogen-bond donors (Lipinski definition) is 1. The number of rotatable bonds is 7. The second-order valence-electron chi connectivity index (χ2n) is 5.68. The molecule has 8 heteroatoms. The highest BCUT2D eigenvalue weighted by atomic mass is 35.5. The minimum atomic E-state index is -0.629. The Bertz CT molecular complexity index is 664. The summed E-state index contributed by atoms with van der Waals surface area (Å²) in [7, 11) is 1.49. The molecule has 0 unspecified atom stereocenters. The van der Waals surface area contributed by atoms with E-state index in [0.717, 1.165) is 6.42 Å². The van der Waals surface area contributed by atoms with E-state index in [2.05, 4.69) is 5.32 Å². The maximum absolute atomic E-state index is 12.3. The Hall–Kier alpha value is -2.28. The topological polar surface area (TPSA) is 84.9 Å². The molecule has 0 aliphatic carbocycles. The maximum atomic E-state index is 12.3. The molecule has 25 heavy (non-hydrogen) atoms. The number of carbonyl (C=O) groups excluding carboxylic acids is 3. The normalized spacial score (nSPS) is 16.7. The molecule has 7 nitrogen and oxygen atoms in total. The van der Waals surface area contributed by atoms with Crippen LogP contribution in [-0.4, -0.2) is 44.6 Å². The van der Waals surface area contributed by atoms with Crippen molar-refractivity contribution in [1.82, 2.24) is 5.32 Å². The average molecular weight is 369 g/mol. The molecule has 1 fully saturated rings. The zero-order chi connectivity index (χ0) is 18.4. The quantitative estimate of drug-likeness (QED) is 0.741. The van der Waals surface area contributed by atoms with Crippen LogP contribution >= 0.6 is 11.6 Å². The molecule has 1 aromatic carbocycles. The molecule has 0 bridgehead atoms. The minimum absolute atomic E-state index is 0.0189. The van der Waals surface area contributed by atoms with Gasteiger partial charge in [-0.2, -0.15) is 0 Å². The van der Waals surface area contributed by atoms with Gasteiger partial charge < -0.3 is 19.7 Å². The molecule has 1 saturated heterocycles. The first-order valence-corrected chi connectivity index (χ1v) is 8.41. The minimum Gasteiger partial charge on any atom is -0.495 e. The number of amides is 2. The van der Waals surface area contributed by atoms with E-state index in [1.807, 2.05) is 6.92 Å². The van der Waals surface area contributed by atoms with Gasteiger partial charge in [0, 0.05) is 24.5 Å². The summed E-state index contributed by atoms with van der Waals surface area (Å²) in [4.78, 5) is 37.4. The summed E-state index contributed by atoms with van der Waals surface area (Å²) in [6, 6.07) is 4.93. The first-order valence-electron chi connectivity index (χ1n) is 8.03. The van der Waals surface area contributed by atoms with E-state index >= 15 is 0 Å². The summed E-state index contributed by atoms with van der Waals surface area (Å²) < 4.78 is 10.3. The van der Waals surface area contributed by atoms with E-state index in [-0.39, 0.29) is 31.4 Å². The summed E-state index contributed by atoms with van der Waals surface area (Å²) in [5.41, 5.74) is 0.510. The van der Waals surface area contributed by atoms with Crippen LogP contribution < -0.4 is 15.0 Å². The van der Waals surface area contributed by atoms with Crippen molar-refractivity contribution in [3.8, 4) is 5.75 Å². The third kappa shape index (κ3) is 4.85. The lowest BCUT2D eigenvalue weighted by atomic mass is 10.1. The largest absolute Gasteiger partial charge is 0.495 e. The van der Waals surface area contributed by atoms with Crippen LogP contribution in [0.2, 0.25) is 5.02 Å². The van der Waals surface area contributed by atoms with Crippen LogP contribution in [0, 0.1) is 5.92 Å². The average Bonchev–Trinajstić information content (AvgIpc) is 2.99. The molecule has 1 aliphatic heterocycles. The van der Waals surface area contributed by atoms with Crippen LogP contribution in [0.4, 0.5) is 5.69 Å². The van der Waals surface area contributed by atoms with Gasteiger partial charge in [0.2, 0.25) is 5.91 Å². The van der Waals surface area contributed by atoms with Gasteiger partial charge in [0.25, 0.3) is 5.91 Å². The number of anilines is 1. The first kappa shape index (κ1) is 19.1. The second-order valence-corrected chi connectivity index (χ2v) is 6.12. The number of halogens is 1. The fraction of sp³-hybridized carbons (Fsp3) is 0.471. The van der Waals surface area contributed by atoms with E-state index in [4.69, 9.17) is 21.1 Å².